The van der Waals surface area contributed by atoms with E-state index in [9.17, 15) is 24.0 Å². The Morgan fingerprint density at radius 1 is 0.346 bits per heavy atom. The second-order valence-corrected chi connectivity index (χ2v) is 41.1. The maximum Gasteiger partial charge on any atom is 0.408 e. The number of hydrogen-bond donors (Lipinski definition) is 8. The van der Waals surface area contributed by atoms with Gasteiger partial charge in [0.25, 0.3) is 0 Å². The van der Waals surface area contributed by atoms with Crippen molar-refractivity contribution in [2.24, 2.45) is 17.2 Å². The van der Waals surface area contributed by atoms with E-state index in [0.29, 0.717) is 46.1 Å². The van der Waals surface area contributed by atoms with Crippen molar-refractivity contribution in [1.29, 1.82) is 0 Å². The Morgan fingerprint density at radius 3 is 0.897 bits per heavy atom. The predicted octanol–water partition coefficient (Wildman–Crippen LogP) is 12.3. The van der Waals surface area contributed by atoms with Gasteiger partial charge in [-0.3, -0.25) is 38.8 Å². The average Bonchev–Trinajstić information content (AvgIpc) is 0.793. The molecule has 8 aromatic carbocycles. The summed E-state index contributed by atoms with van der Waals surface area (Å²) in [5.74, 6) is -2.01. The Morgan fingerprint density at radius 2 is 0.610 bits per heavy atom. The van der Waals surface area contributed by atoms with Crippen molar-refractivity contribution in [2.45, 2.75) is 137 Å². The summed E-state index contributed by atoms with van der Waals surface area (Å²) in [6.45, 7) is 43.7. The smallest absolute Gasteiger partial charge is 0.408 e. The SMILES string of the molecule is Cc1ccc2c(c1)N(CCCN1CCN(CCNC(=O)[C@@H](N)CC(N)=O)CC1)c1ccccc1S2.Cc1ccc2c(c1)N(CCCN1CCN(CCNC(=O)[C@H](CC(N)=O)NC(=O)OC(C)(C)C)CC1)c1ccccc1S2.Cc1ccc2c(c1)N(CCCN1CCN(CCOCCO)CC1)c1ccccc1S2.OCCOCCN1CCN(CCCN2c3ccccc3Sc3ccccc32)CC1. The maximum absolute atomic E-state index is 12.7. The molecule has 2 atom stereocenters. The number of nitrogens with zero attached hydrogens (tertiary/aromatic N) is 12. The lowest BCUT2D eigenvalue weighted by Gasteiger charge is -2.36. The van der Waals surface area contributed by atoms with Crippen LogP contribution in [0.5, 0.6) is 0 Å². The Hall–Kier alpha value is -9.01. The first-order valence-corrected chi connectivity index (χ1v) is 51.9. The van der Waals surface area contributed by atoms with Gasteiger partial charge in [-0.05, 0) is 207 Å². The fourth-order valence-electron chi connectivity index (χ4n) is 18.1. The van der Waals surface area contributed by atoms with Gasteiger partial charge < -0.3 is 96.8 Å². The molecule has 0 unspecified atom stereocenters. The number of alkyl carbamates (subject to hydrolysis) is 1. The number of aliphatic hydroxyl groups is 2. The monoisotopic (exact) mass is 1930 g/mol. The summed E-state index contributed by atoms with van der Waals surface area (Å²) in [4.78, 5) is 99.5. The summed E-state index contributed by atoms with van der Waals surface area (Å²) < 4.78 is 16.0. The molecule has 11 N–H and O–H groups in total. The number of nitrogens with two attached hydrogens (primary N) is 3. The lowest BCUT2D eigenvalue weighted by atomic mass is 10.1. The quantitative estimate of drug-likeness (QED) is 0.0166. The highest BCUT2D eigenvalue weighted by Crippen LogP contribution is 2.52. The van der Waals surface area contributed by atoms with Crippen molar-refractivity contribution in [3.05, 3.63) is 193 Å². The molecule has 16 rings (SSSR count). The highest BCUT2D eigenvalue weighted by Gasteiger charge is 2.32. The van der Waals surface area contributed by atoms with Gasteiger partial charge in [-0.25, -0.2) is 4.79 Å². The summed E-state index contributed by atoms with van der Waals surface area (Å²) in [6, 6.07) is 61.9. The van der Waals surface area contributed by atoms with Crippen LogP contribution in [0.15, 0.2) is 215 Å². The zero-order valence-electron chi connectivity index (χ0n) is 80.5. The molecule has 8 aliphatic heterocycles. The van der Waals surface area contributed by atoms with E-state index < -0.39 is 41.5 Å². The largest absolute Gasteiger partial charge is 0.444 e. The van der Waals surface area contributed by atoms with E-state index in [0.717, 1.165) is 202 Å². The van der Waals surface area contributed by atoms with E-state index in [1.807, 2.05) is 47.0 Å². The van der Waals surface area contributed by atoms with Crippen LogP contribution < -0.4 is 52.8 Å². The van der Waals surface area contributed by atoms with Crippen LogP contribution in [-0.2, 0) is 33.4 Å². The molecule has 8 aromatic rings. The molecule has 0 aromatic heterocycles. The summed E-state index contributed by atoms with van der Waals surface area (Å²) >= 11 is 7.46. The molecule has 4 saturated heterocycles. The maximum atomic E-state index is 12.7. The number of rotatable bonds is 39. The molecule has 8 heterocycles. The van der Waals surface area contributed by atoms with Gasteiger partial charge in [-0.2, -0.15) is 0 Å². The van der Waals surface area contributed by atoms with E-state index in [2.05, 4.69) is 271 Å². The molecule has 734 valence electrons. The zero-order valence-corrected chi connectivity index (χ0v) is 83.8. The van der Waals surface area contributed by atoms with Crippen molar-refractivity contribution < 1.29 is 48.4 Å². The predicted molar refractivity (Wildman–Crippen MR) is 551 cm³/mol. The van der Waals surface area contributed by atoms with Crippen LogP contribution in [0.1, 0.15) is 76.0 Å². The molecule has 28 nitrogen and oxygen atoms in total. The molecule has 32 heteroatoms. The van der Waals surface area contributed by atoms with Crippen molar-refractivity contribution in [1.82, 2.24) is 55.1 Å². The van der Waals surface area contributed by atoms with E-state index >= 15 is 0 Å². The number of aliphatic hydroxyl groups excluding tert-OH is 2. The van der Waals surface area contributed by atoms with Crippen LogP contribution in [-0.4, -0.2) is 333 Å². The number of anilines is 8. The molecule has 0 saturated carbocycles. The fraction of sp³-hybridized carbons (Fsp3) is 0.490. The number of fused-ring (bicyclic) bond motifs is 8. The molecular formula is C104H144N18O10S4. The molecule has 0 bridgehead atoms. The zero-order chi connectivity index (χ0) is 95.7. The lowest BCUT2D eigenvalue weighted by molar-refractivity contribution is -0.127. The number of amides is 5. The molecule has 8 aliphatic rings. The minimum absolute atomic E-state index is 0.109. The number of carbonyl (C=O) groups excluding carboxylic acids is 5. The highest BCUT2D eigenvalue weighted by molar-refractivity contribution is 8.00. The third-order valence-electron chi connectivity index (χ3n) is 25.4. The first kappa shape index (κ1) is 104. The average molecular weight is 1930 g/mol. The van der Waals surface area contributed by atoms with Crippen molar-refractivity contribution in [3.63, 3.8) is 0 Å². The topological polar surface area (TPSA) is 307 Å². The van der Waals surface area contributed by atoms with Gasteiger partial charge in [0, 0.05) is 209 Å². The fourth-order valence-corrected chi connectivity index (χ4v) is 22.5. The number of ether oxygens (including phenoxy) is 3. The van der Waals surface area contributed by atoms with E-state index in [1.165, 1.54) is 101 Å². The highest BCUT2D eigenvalue weighted by atomic mass is 32.2. The number of piperazine rings is 4. The molecule has 136 heavy (non-hydrogen) atoms. The molecule has 4 fully saturated rings. The van der Waals surface area contributed by atoms with Crippen LogP contribution in [0.4, 0.5) is 50.3 Å². The molecular weight excluding hydrogens is 1790 g/mol. The standard InChI is InChI=1S/C31H44N6O4S.C26H36N6O2S.C24H33N3O2S.C23H31N3O2S/c1-22-10-11-27-25(20-22)37(24-8-5-6-9-26(24)42-27)14-7-13-35-16-18-36(19-17-35)15-12-33-29(39)23(21-28(32)38)34-30(40)41-31(2,3)4;1-19-7-8-24-22(17-19)32(21-5-2-3-6-23(21)35-24)11-4-10-30-13-15-31(16-14-30)12-9-29-26(34)20(27)18-25(28)33;1-20-7-8-24-22(19-20)27(21-5-2-3-6-23(21)30-24)10-4-9-25-11-13-26(14-12-25)15-17-29-18-16-28;27-17-19-28-18-16-25-14-12-24(13-15-25)10-5-11-26-20-6-1-3-8-22(20)29-23-9-4-2-7-21(23)26/h5-6,8-11,20,23H,7,12-19,21H2,1-4H3,(H2,32,38)(H,33,39)(H,34,40);2-3,5-8,17,20H,4,9-16,18,27H2,1H3,(H2,28,33)(H,29,34);2-3,5-8,19,28H,4,9-18H2,1H3;1-4,6-9,27H,5,10-19H2/t23-;20-;;/m00../s1. The van der Waals surface area contributed by atoms with E-state index in [4.69, 9.17) is 41.6 Å². The van der Waals surface area contributed by atoms with Gasteiger partial charge in [0.1, 0.15) is 11.6 Å². The molecule has 0 spiro atoms. The van der Waals surface area contributed by atoms with Crippen LogP contribution >= 0.6 is 47.0 Å². The molecule has 0 radical (unpaired) electrons. The van der Waals surface area contributed by atoms with Crippen LogP contribution in [0.2, 0.25) is 0 Å². The third-order valence-corrected chi connectivity index (χ3v) is 29.9. The number of para-hydroxylation sites is 5. The van der Waals surface area contributed by atoms with Crippen LogP contribution in [0.25, 0.3) is 0 Å². The normalized spacial score (nSPS) is 16.8. The number of benzene rings is 8. The minimum atomic E-state index is -1.07. The van der Waals surface area contributed by atoms with Gasteiger partial charge in [0.05, 0.1) is 104 Å². The van der Waals surface area contributed by atoms with E-state index in [-0.39, 0.29) is 32.0 Å². The van der Waals surface area contributed by atoms with Crippen LogP contribution in [0.3, 0.4) is 0 Å². The van der Waals surface area contributed by atoms with Gasteiger partial charge in [0.2, 0.25) is 23.6 Å². The number of nitrogens with one attached hydrogen (secondary N) is 3. The Kier molecular flexibility index (Phi) is 41.0. The van der Waals surface area contributed by atoms with Gasteiger partial charge in [0.15, 0.2) is 0 Å². The van der Waals surface area contributed by atoms with Gasteiger partial charge in [-0.1, -0.05) is 126 Å². The summed E-state index contributed by atoms with van der Waals surface area (Å²) in [6.07, 6.45) is 3.30. The number of carbonyl (C=O) groups is 5. The van der Waals surface area contributed by atoms with Gasteiger partial charge >= 0.3 is 6.09 Å². The lowest BCUT2D eigenvalue weighted by Crippen LogP contribution is -2.52. The summed E-state index contributed by atoms with van der Waals surface area (Å²) in [5.41, 5.74) is 29.8. The van der Waals surface area contributed by atoms with E-state index in [1.54, 1.807) is 20.8 Å². The molecule has 0 aliphatic carbocycles. The number of primary amides is 2. The summed E-state index contributed by atoms with van der Waals surface area (Å²) in [7, 11) is 0. The Labute approximate surface area is 822 Å². The van der Waals surface area contributed by atoms with Crippen molar-refractivity contribution in [3.8, 4) is 0 Å². The molecule has 5 amide bonds. The van der Waals surface area contributed by atoms with Crippen LogP contribution in [0, 0.1) is 20.8 Å². The van der Waals surface area contributed by atoms with Crippen molar-refractivity contribution >= 4 is 122 Å². The number of hydrogen-bond acceptors (Lipinski definition) is 27. The number of aryl methyl sites for hydroxylation is 3. The second kappa shape index (κ2) is 53.4. The first-order chi connectivity index (χ1) is 66.0. The van der Waals surface area contributed by atoms with Crippen molar-refractivity contribution in [2.75, 3.05) is 256 Å². The summed E-state index contributed by atoms with van der Waals surface area (Å²) in [5, 5.41) is 25.6. The van der Waals surface area contributed by atoms with Gasteiger partial charge in [-0.15, -0.1) is 0 Å². The second-order valence-electron chi connectivity index (χ2n) is 36.8. The Balaban J connectivity index is 0.000000155. The first-order valence-electron chi connectivity index (χ1n) is 48.6. The third kappa shape index (κ3) is 31.8. The Bertz CT molecular complexity index is 5100. The minimum Gasteiger partial charge on any atom is -0.444 e.